The monoisotopic (exact) mass is 281 g/mol. The van der Waals surface area contributed by atoms with Crippen molar-refractivity contribution >= 4 is 0 Å². The summed E-state index contributed by atoms with van der Waals surface area (Å²) >= 11 is 0. The lowest BCUT2D eigenvalue weighted by Gasteiger charge is -2.39. The molecular formula is C18H35NO. The summed E-state index contributed by atoms with van der Waals surface area (Å²) in [5.41, 5.74) is 0.543. The van der Waals surface area contributed by atoms with Crippen LogP contribution in [0.25, 0.3) is 0 Å². The van der Waals surface area contributed by atoms with Gasteiger partial charge < -0.3 is 10.1 Å². The first-order valence-electron chi connectivity index (χ1n) is 8.97. The largest absolute Gasteiger partial charge is 0.378 e. The molecule has 1 saturated carbocycles. The van der Waals surface area contributed by atoms with Crippen molar-refractivity contribution in [3.8, 4) is 0 Å². The van der Waals surface area contributed by atoms with Crippen LogP contribution in [0.2, 0.25) is 0 Å². The summed E-state index contributed by atoms with van der Waals surface area (Å²) < 4.78 is 5.80. The third-order valence-corrected chi connectivity index (χ3v) is 5.92. The van der Waals surface area contributed by atoms with Gasteiger partial charge in [0.25, 0.3) is 0 Å². The van der Waals surface area contributed by atoms with E-state index in [0.717, 1.165) is 25.1 Å². The quantitative estimate of drug-likeness (QED) is 0.772. The summed E-state index contributed by atoms with van der Waals surface area (Å²) in [6, 6.07) is 0.766. The van der Waals surface area contributed by atoms with E-state index in [-0.39, 0.29) is 0 Å². The Labute approximate surface area is 126 Å². The van der Waals surface area contributed by atoms with Gasteiger partial charge >= 0.3 is 0 Å². The Morgan fingerprint density at radius 1 is 1.05 bits per heavy atom. The molecule has 1 N–H and O–H groups in total. The molecule has 2 heteroatoms. The molecule has 2 rings (SSSR count). The molecule has 0 radical (unpaired) electrons. The van der Waals surface area contributed by atoms with Crippen molar-refractivity contribution in [3.05, 3.63) is 0 Å². The van der Waals surface area contributed by atoms with Crippen LogP contribution in [-0.2, 0) is 4.74 Å². The van der Waals surface area contributed by atoms with Crippen LogP contribution < -0.4 is 5.32 Å². The molecule has 20 heavy (non-hydrogen) atoms. The van der Waals surface area contributed by atoms with Crippen molar-refractivity contribution in [3.63, 3.8) is 0 Å². The molecule has 1 aliphatic carbocycles. The van der Waals surface area contributed by atoms with Gasteiger partial charge in [0, 0.05) is 12.6 Å². The molecule has 0 amide bonds. The van der Waals surface area contributed by atoms with Crippen molar-refractivity contribution in [2.24, 2.45) is 11.3 Å². The fraction of sp³-hybridized carbons (Fsp3) is 1.00. The summed E-state index contributed by atoms with van der Waals surface area (Å²) in [5.74, 6) is 0.937. The van der Waals surface area contributed by atoms with E-state index >= 15 is 0 Å². The van der Waals surface area contributed by atoms with Crippen LogP contribution in [0, 0.1) is 11.3 Å². The van der Waals surface area contributed by atoms with Gasteiger partial charge in [0.05, 0.1) is 6.10 Å². The lowest BCUT2D eigenvalue weighted by atomic mass is 9.69. The highest BCUT2D eigenvalue weighted by molar-refractivity contribution is 4.85. The molecule has 1 saturated heterocycles. The van der Waals surface area contributed by atoms with E-state index in [9.17, 15) is 0 Å². The van der Waals surface area contributed by atoms with Crippen molar-refractivity contribution in [1.82, 2.24) is 5.32 Å². The van der Waals surface area contributed by atoms with Gasteiger partial charge in [-0.3, -0.25) is 0 Å². The Hall–Kier alpha value is -0.0800. The molecule has 1 aliphatic heterocycles. The van der Waals surface area contributed by atoms with Crippen LogP contribution in [0.15, 0.2) is 0 Å². The van der Waals surface area contributed by atoms with Crippen molar-refractivity contribution in [2.75, 3.05) is 13.2 Å². The minimum Gasteiger partial charge on any atom is -0.378 e. The van der Waals surface area contributed by atoms with E-state index in [2.05, 4.69) is 26.1 Å². The number of hydrogen-bond donors (Lipinski definition) is 1. The highest BCUT2D eigenvalue weighted by Gasteiger charge is 2.31. The second kappa shape index (κ2) is 7.79. The molecule has 118 valence electrons. The van der Waals surface area contributed by atoms with Crippen LogP contribution in [0.4, 0.5) is 0 Å². The van der Waals surface area contributed by atoms with Crippen LogP contribution >= 0.6 is 0 Å². The summed E-state index contributed by atoms with van der Waals surface area (Å²) in [6.07, 6.45) is 12.5. The first-order chi connectivity index (χ1) is 9.62. The van der Waals surface area contributed by atoms with Crippen molar-refractivity contribution in [2.45, 2.75) is 90.7 Å². The molecular weight excluding hydrogens is 246 g/mol. The van der Waals surface area contributed by atoms with Crippen LogP contribution in [0.5, 0.6) is 0 Å². The Morgan fingerprint density at radius 3 is 2.40 bits per heavy atom. The third kappa shape index (κ3) is 4.73. The molecule has 2 aliphatic rings. The highest BCUT2D eigenvalue weighted by Crippen LogP contribution is 2.40. The zero-order chi connectivity index (χ0) is 14.4. The fourth-order valence-corrected chi connectivity index (χ4v) is 3.85. The lowest BCUT2D eigenvalue weighted by molar-refractivity contribution is 0.0108. The fourth-order valence-electron chi connectivity index (χ4n) is 3.85. The van der Waals surface area contributed by atoms with Gasteiger partial charge in [-0.2, -0.15) is 0 Å². The molecule has 2 fully saturated rings. The van der Waals surface area contributed by atoms with Gasteiger partial charge in [-0.1, -0.05) is 27.2 Å². The van der Waals surface area contributed by atoms with Crippen molar-refractivity contribution < 1.29 is 4.74 Å². The minimum absolute atomic E-state index is 0.534. The average Bonchev–Trinajstić information content (AvgIpc) is 2.49. The summed E-state index contributed by atoms with van der Waals surface area (Å²) in [6.45, 7) is 9.38. The summed E-state index contributed by atoms with van der Waals surface area (Å²) in [7, 11) is 0. The van der Waals surface area contributed by atoms with E-state index in [4.69, 9.17) is 4.74 Å². The van der Waals surface area contributed by atoms with E-state index < -0.39 is 0 Å². The van der Waals surface area contributed by atoms with E-state index in [0.29, 0.717) is 11.5 Å². The second-order valence-corrected chi connectivity index (χ2v) is 7.62. The van der Waals surface area contributed by atoms with Gasteiger partial charge in [-0.15, -0.1) is 0 Å². The Balaban J connectivity index is 1.60. The maximum atomic E-state index is 5.80. The maximum absolute atomic E-state index is 5.80. The SMILES string of the molecule is CCC(C)(C)C1CCC(NCCC2CCCCO2)CC1. The zero-order valence-electron chi connectivity index (χ0n) is 13.9. The summed E-state index contributed by atoms with van der Waals surface area (Å²) in [4.78, 5) is 0. The molecule has 0 aromatic heterocycles. The molecule has 1 atom stereocenters. The number of rotatable bonds is 6. The van der Waals surface area contributed by atoms with Gasteiger partial charge in [0.2, 0.25) is 0 Å². The van der Waals surface area contributed by atoms with Gasteiger partial charge in [-0.25, -0.2) is 0 Å². The normalized spacial score (nSPS) is 32.2. The molecule has 0 bridgehead atoms. The molecule has 2 nitrogen and oxygen atoms in total. The van der Waals surface area contributed by atoms with Crippen LogP contribution in [0.1, 0.15) is 78.6 Å². The number of nitrogens with one attached hydrogen (secondary N) is 1. The first kappa shape index (κ1) is 16.3. The van der Waals surface area contributed by atoms with Crippen LogP contribution in [0.3, 0.4) is 0 Å². The van der Waals surface area contributed by atoms with Gasteiger partial charge in [-0.05, 0) is 69.2 Å². The number of hydrogen-bond acceptors (Lipinski definition) is 2. The third-order valence-electron chi connectivity index (χ3n) is 5.92. The number of ether oxygens (including phenoxy) is 1. The second-order valence-electron chi connectivity index (χ2n) is 7.62. The minimum atomic E-state index is 0.534. The topological polar surface area (TPSA) is 21.3 Å². The van der Waals surface area contributed by atoms with E-state index in [1.54, 1.807) is 0 Å². The smallest absolute Gasteiger partial charge is 0.0587 e. The Kier molecular flexibility index (Phi) is 6.35. The summed E-state index contributed by atoms with van der Waals surface area (Å²) in [5, 5.41) is 3.78. The van der Waals surface area contributed by atoms with Gasteiger partial charge in [0.15, 0.2) is 0 Å². The lowest BCUT2D eigenvalue weighted by Crippen LogP contribution is -2.38. The molecule has 1 heterocycles. The van der Waals surface area contributed by atoms with Crippen LogP contribution in [-0.4, -0.2) is 25.3 Å². The van der Waals surface area contributed by atoms with E-state index in [1.807, 2.05) is 0 Å². The molecule has 0 aromatic carbocycles. The average molecular weight is 281 g/mol. The predicted octanol–water partition coefficient (Wildman–Crippen LogP) is 4.53. The molecule has 1 unspecified atom stereocenters. The standard InChI is InChI=1S/C18H35NO/c1-4-18(2,3)15-8-10-16(11-9-15)19-13-12-17-7-5-6-14-20-17/h15-17,19H,4-14H2,1-3H3. The Morgan fingerprint density at radius 2 is 1.80 bits per heavy atom. The van der Waals surface area contributed by atoms with E-state index in [1.165, 1.54) is 57.8 Å². The highest BCUT2D eigenvalue weighted by atomic mass is 16.5. The first-order valence-corrected chi connectivity index (χ1v) is 8.97. The molecule has 0 aromatic rings. The Bertz CT molecular complexity index is 263. The predicted molar refractivity (Wildman–Crippen MR) is 86.0 cm³/mol. The molecule has 0 spiro atoms. The maximum Gasteiger partial charge on any atom is 0.0587 e. The van der Waals surface area contributed by atoms with Crippen molar-refractivity contribution in [1.29, 1.82) is 0 Å². The zero-order valence-corrected chi connectivity index (χ0v) is 13.9. The van der Waals surface area contributed by atoms with Gasteiger partial charge in [0.1, 0.15) is 0 Å².